The van der Waals surface area contributed by atoms with Crippen LogP contribution in [0.1, 0.15) is 22.6 Å². The van der Waals surface area contributed by atoms with E-state index < -0.39 is 49.1 Å². The molecule has 4 N–H and O–H groups in total. The van der Waals surface area contributed by atoms with Gasteiger partial charge in [-0.25, -0.2) is 0 Å². The largest absolute Gasteiger partial charge is 0.493 e. The van der Waals surface area contributed by atoms with Crippen LogP contribution in [0, 0.1) is 11.8 Å². The number of methoxy groups -OCH3 is 3. The van der Waals surface area contributed by atoms with Crippen LogP contribution in [0.2, 0.25) is 0 Å². The molecule has 0 saturated carbocycles. The van der Waals surface area contributed by atoms with Gasteiger partial charge in [0.05, 0.1) is 40.5 Å². The summed E-state index contributed by atoms with van der Waals surface area (Å²) in [6.07, 6.45) is -7.06. The summed E-state index contributed by atoms with van der Waals surface area (Å²) in [6, 6.07) is 5.37. The number of aliphatic hydroxyl groups excluding tert-OH is 4. The second kappa shape index (κ2) is 10.7. The van der Waals surface area contributed by atoms with Crippen molar-refractivity contribution in [3.63, 3.8) is 0 Å². The molecular formula is C28H32O13. The Bertz CT molecular complexity index is 1300. The fraction of sp³-hybridized carbons (Fsp3) is 0.536. The molecule has 2 aromatic carbocycles. The summed E-state index contributed by atoms with van der Waals surface area (Å²) < 4.78 is 45.5. The molecule has 41 heavy (non-hydrogen) atoms. The molecule has 13 nitrogen and oxygen atoms in total. The first-order chi connectivity index (χ1) is 19.8. The fourth-order valence-corrected chi connectivity index (χ4v) is 6.26. The quantitative estimate of drug-likeness (QED) is 0.327. The van der Waals surface area contributed by atoms with Gasteiger partial charge in [0, 0.05) is 17.4 Å². The van der Waals surface area contributed by atoms with Gasteiger partial charge in [-0.3, -0.25) is 4.79 Å². The van der Waals surface area contributed by atoms with Crippen LogP contribution in [0.5, 0.6) is 34.5 Å². The van der Waals surface area contributed by atoms with Gasteiger partial charge in [-0.15, -0.1) is 0 Å². The van der Waals surface area contributed by atoms with Crippen LogP contribution >= 0.6 is 0 Å². The van der Waals surface area contributed by atoms with Gasteiger partial charge >= 0.3 is 5.97 Å². The number of carbonyl (C=O) groups excluding carboxylic acids is 1. The van der Waals surface area contributed by atoms with E-state index >= 15 is 0 Å². The number of hydrogen-bond donors (Lipinski definition) is 4. The average Bonchev–Trinajstić information content (AvgIpc) is 3.61. The van der Waals surface area contributed by atoms with Gasteiger partial charge in [0.25, 0.3) is 0 Å². The maximum Gasteiger partial charge on any atom is 0.310 e. The molecule has 222 valence electrons. The summed E-state index contributed by atoms with van der Waals surface area (Å²) in [5, 5.41) is 40.9. The lowest BCUT2D eigenvalue weighted by Crippen LogP contribution is -2.60. The SMILES string of the molecule is COc1cc([C@H]2c3cc4c(c(O[C@H]5O[C@@H](CO)[C@@H](O)[C@@H](O)[C@H]5O)c3C[C@@H]3COC(=O)[C@@H]32)OCO4)cc(OC)c1OC. The van der Waals surface area contributed by atoms with Crippen molar-refractivity contribution in [2.45, 2.75) is 43.0 Å². The molecule has 0 spiro atoms. The Morgan fingerprint density at radius 2 is 1.63 bits per heavy atom. The monoisotopic (exact) mass is 576 g/mol. The summed E-state index contributed by atoms with van der Waals surface area (Å²) in [4.78, 5) is 13.1. The molecule has 2 fully saturated rings. The first kappa shape index (κ1) is 27.7. The molecule has 3 heterocycles. The molecule has 3 aliphatic heterocycles. The number of ether oxygens (including phenoxy) is 8. The van der Waals surface area contributed by atoms with Gasteiger partial charge in [0.15, 0.2) is 23.0 Å². The van der Waals surface area contributed by atoms with Crippen LogP contribution in [0.4, 0.5) is 0 Å². The van der Waals surface area contributed by atoms with Gasteiger partial charge < -0.3 is 58.3 Å². The Balaban J connectivity index is 1.51. The number of carbonyl (C=O) groups is 1. The summed E-state index contributed by atoms with van der Waals surface area (Å²) in [6.45, 7) is -0.507. The Hall–Kier alpha value is -3.49. The molecule has 4 aliphatic rings. The number of benzene rings is 2. The minimum atomic E-state index is -1.64. The third-order valence-corrected chi connectivity index (χ3v) is 8.27. The lowest BCUT2D eigenvalue weighted by molar-refractivity contribution is -0.277. The number of cyclic esters (lactones) is 1. The van der Waals surface area contributed by atoms with E-state index in [1.807, 2.05) is 0 Å². The van der Waals surface area contributed by atoms with Crippen LogP contribution in [-0.4, -0.2) is 98.4 Å². The molecule has 0 aromatic heterocycles. The smallest absolute Gasteiger partial charge is 0.310 e. The van der Waals surface area contributed by atoms with Gasteiger partial charge in [-0.2, -0.15) is 0 Å². The van der Waals surface area contributed by atoms with Crippen molar-refractivity contribution in [3.05, 3.63) is 34.9 Å². The molecular weight excluding hydrogens is 544 g/mol. The first-order valence-corrected chi connectivity index (χ1v) is 13.2. The van der Waals surface area contributed by atoms with Crippen molar-refractivity contribution in [2.24, 2.45) is 11.8 Å². The Kier molecular flexibility index (Phi) is 7.24. The fourth-order valence-electron chi connectivity index (χ4n) is 6.26. The van der Waals surface area contributed by atoms with Crippen molar-refractivity contribution < 1.29 is 63.1 Å². The average molecular weight is 577 g/mol. The topological polar surface area (TPSA) is 172 Å². The van der Waals surface area contributed by atoms with Crippen molar-refractivity contribution >= 4 is 5.97 Å². The van der Waals surface area contributed by atoms with Crippen LogP contribution in [0.15, 0.2) is 18.2 Å². The zero-order valence-corrected chi connectivity index (χ0v) is 22.6. The minimum absolute atomic E-state index is 0.0903. The van der Waals surface area contributed by atoms with E-state index in [0.29, 0.717) is 46.1 Å². The van der Waals surface area contributed by atoms with Crippen LogP contribution in [0.3, 0.4) is 0 Å². The van der Waals surface area contributed by atoms with E-state index in [0.717, 1.165) is 0 Å². The molecule has 2 saturated heterocycles. The predicted octanol–water partition coefficient (Wildman–Crippen LogP) is 0.0970. The normalized spacial score (nSPS) is 31.6. The summed E-state index contributed by atoms with van der Waals surface area (Å²) >= 11 is 0. The molecule has 1 aliphatic carbocycles. The van der Waals surface area contributed by atoms with Gasteiger partial charge in [0.2, 0.25) is 24.6 Å². The van der Waals surface area contributed by atoms with Gasteiger partial charge in [0.1, 0.15) is 24.4 Å². The van der Waals surface area contributed by atoms with E-state index in [9.17, 15) is 25.2 Å². The van der Waals surface area contributed by atoms with Gasteiger partial charge in [-0.05, 0) is 35.7 Å². The highest BCUT2D eigenvalue weighted by molar-refractivity contribution is 5.79. The highest BCUT2D eigenvalue weighted by Gasteiger charge is 2.51. The molecule has 0 radical (unpaired) electrons. The lowest BCUT2D eigenvalue weighted by Gasteiger charge is -2.40. The van der Waals surface area contributed by atoms with E-state index in [-0.39, 0.29) is 36.8 Å². The molecule has 8 atom stereocenters. The van der Waals surface area contributed by atoms with Crippen molar-refractivity contribution in [2.75, 3.05) is 41.3 Å². The van der Waals surface area contributed by atoms with Crippen LogP contribution in [-0.2, 0) is 20.7 Å². The maximum absolute atomic E-state index is 13.1. The maximum atomic E-state index is 13.1. The third-order valence-electron chi connectivity index (χ3n) is 8.27. The Morgan fingerprint density at radius 3 is 2.29 bits per heavy atom. The number of aliphatic hydroxyl groups is 4. The first-order valence-electron chi connectivity index (χ1n) is 13.2. The molecule has 0 unspecified atom stereocenters. The van der Waals surface area contributed by atoms with E-state index in [1.165, 1.54) is 21.3 Å². The van der Waals surface area contributed by atoms with Crippen LogP contribution < -0.4 is 28.4 Å². The summed E-state index contributed by atoms with van der Waals surface area (Å²) in [7, 11) is 4.52. The highest BCUT2D eigenvalue weighted by atomic mass is 16.7. The number of hydrogen-bond acceptors (Lipinski definition) is 13. The van der Waals surface area contributed by atoms with Crippen LogP contribution in [0.25, 0.3) is 0 Å². The molecule has 0 amide bonds. The third kappa shape index (κ3) is 4.39. The molecule has 13 heteroatoms. The Labute approximate surface area is 235 Å². The number of rotatable bonds is 7. The summed E-state index contributed by atoms with van der Waals surface area (Å²) in [5.41, 5.74) is 2.07. The number of esters is 1. The molecule has 6 rings (SSSR count). The van der Waals surface area contributed by atoms with Gasteiger partial charge in [-0.1, -0.05) is 0 Å². The Morgan fingerprint density at radius 1 is 0.902 bits per heavy atom. The second-order valence-electron chi connectivity index (χ2n) is 10.4. The van der Waals surface area contributed by atoms with E-state index in [2.05, 4.69) is 0 Å². The number of fused-ring (bicyclic) bond motifs is 3. The summed E-state index contributed by atoms with van der Waals surface area (Å²) in [5.74, 6) is 0.409. The zero-order valence-electron chi connectivity index (χ0n) is 22.6. The lowest BCUT2D eigenvalue weighted by atomic mass is 9.67. The highest BCUT2D eigenvalue weighted by Crippen LogP contribution is 2.56. The standard InChI is InChI=1S/C28H32O13/c1-34-15-5-11(6-16(35-2)25(15)36-3)19-13-7-17-26(39-10-38-17)24(14(13)4-12-9-37-27(33)20(12)19)41-28-23(32)22(31)21(30)18(8-29)40-28/h5-7,12,18-23,28-32H,4,8-10H2,1-3H3/t12-,18+,19+,20+,21-,22-,23-,28-/m1/s1. The minimum Gasteiger partial charge on any atom is -0.493 e. The van der Waals surface area contributed by atoms with E-state index in [4.69, 9.17) is 37.9 Å². The zero-order chi connectivity index (χ0) is 29.0. The second-order valence-corrected chi connectivity index (χ2v) is 10.4. The van der Waals surface area contributed by atoms with Crippen molar-refractivity contribution in [1.82, 2.24) is 0 Å². The predicted molar refractivity (Wildman–Crippen MR) is 137 cm³/mol. The van der Waals surface area contributed by atoms with Crippen molar-refractivity contribution in [1.29, 1.82) is 0 Å². The molecule has 0 bridgehead atoms. The van der Waals surface area contributed by atoms with E-state index in [1.54, 1.807) is 18.2 Å². The molecule has 2 aromatic rings. The van der Waals surface area contributed by atoms with Crippen molar-refractivity contribution in [3.8, 4) is 34.5 Å².